The topological polar surface area (TPSA) is 52.5 Å². The number of phenols is 2. The molecule has 0 bridgehead atoms. The highest BCUT2D eigenvalue weighted by molar-refractivity contribution is 5.45. The van der Waals surface area contributed by atoms with Crippen molar-refractivity contribution in [1.29, 1.82) is 0 Å². The van der Waals surface area contributed by atoms with E-state index >= 15 is 0 Å². The molecule has 1 saturated carbocycles. The van der Waals surface area contributed by atoms with Crippen molar-refractivity contribution in [2.24, 2.45) is 10.8 Å². The summed E-state index contributed by atoms with van der Waals surface area (Å²) in [5, 5.41) is 23.2. The van der Waals surface area contributed by atoms with Crippen molar-refractivity contribution in [2.45, 2.75) is 46.7 Å². The van der Waals surface area contributed by atoms with Crippen LogP contribution in [-0.2, 0) is 0 Å². The fourth-order valence-electron chi connectivity index (χ4n) is 2.93. The van der Waals surface area contributed by atoms with E-state index in [2.05, 4.69) is 33.0 Å². The van der Waals surface area contributed by atoms with Crippen molar-refractivity contribution < 1.29 is 10.2 Å². The van der Waals surface area contributed by atoms with Crippen LogP contribution in [0.3, 0.4) is 0 Å². The smallest absolute Gasteiger partial charge is 0.124 e. The first kappa shape index (κ1) is 13.2. The standard InChI is InChI=1S/C15H23NO2/c1-9(12-10(17)7-6-8-11(12)18)16-13-14(2,3)15(13,4)5/h6-9,13,16-18H,1-5H3. The number of rotatable bonds is 3. The first-order valence-corrected chi connectivity index (χ1v) is 6.46. The lowest BCUT2D eigenvalue weighted by Crippen LogP contribution is -2.25. The third-order valence-corrected chi connectivity index (χ3v) is 4.93. The Labute approximate surface area is 109 Å². The minimum absolute atomic E-state index is 0.0720. The maximum absolute atomic E-state index is 9.86. The van der Waals surface area contributed by atoms with Crippen LogP contribution in [0.25, 0.3) is 0 Å². The molecule has 3 N–H and O–H groups in total. The summed E-state index contributed by atoms with van der Waals surface area (Å²) in [5.74, 6) is 0.289. The Morgan fingerprint density at radius 1 is 1.06 bits per heavy atom. The predicted molar refractivity (Wildman–Crippen MR) is 72.7 cm³/mol. The Bertz CT molecular complexity index is 431. The summed E-state index contributed by atoms with van der Waals surface area (Å²) in [6.07, 6.45) is 0. The lowest BCUT2D eigenvalue weighted by atomic mass is 10.0. The number of nitrogens with one attached hydrogen (secondary N) is 1. The number of hydrogen-bond acceptors (Lipinski definition) is 3. The molecule has 0 aliphatic heterocycles. The molecule has 0 radical (unpaired) electrons. The molecular weight excluding hydrogens is 226 g/mol. The zero-order valence-electron chi connectivity index (χ0n) is 11.8. The summed E-state index contributed by atoms with van der Waals surface area (Å²) in [6, 6.07) is 5.18. The molecule has 0 saturated heterocycles. The van der Waals surface area contributed by atoms with Crippen molar-refractivity contribution in [2.75, 3.05) is 0 Å². The first-order chi connectivity index (χ1) is 8.19. The molecule has 3 heteroatoms. The number of phenolic OH excluding ortho intramolecular Hbond substituents is 2. The number of hydrogen-bond donors (Lipinski definition) is 3. The molecule has 0 aromatic heterocycles. The third kappa shape index (κ3) is 1.77. The molecule has 1 unspecified atom stereocenters. The summed E-state index contributed by atoms with van der Waals surface area (Å²) in [7, 11) is 0. The molecule has 0 spiro atoms. The van der Waals surface area contributed by atoms with E-state index in [9.17, 15) is 10.2 Å². The minimum atomic E-state index is -0.0720. The van der Waals surface area contributed by atoms with Gasteiger partial charge in [0, 0.05) is 12.1 Å². The average molecular weight is 249 g/mol. The average Bonchev–Trinajstić information content (AvgIpc) is 2.60. The van der Waals surface area contributed by atoms with Crippen LogP contribution in [0.5, 0.6) is 11.5 Å². The maximum Gasteiger partial charge on any atom is 0.124 e. The Balaban J connectivity index is 2.17. The van der Waals surface area contributed by atoms with Gasteiger partial charge in [-0.05, 0) is 29.9 Å². The number of benzene rings is 1. The third-order valence-electron chi connectivity index (χ3n) is 4.93. The van der Waals surface area contributed by atoms with Gasteiger partial charge in [-0.15, -0.1) is 0 Å². The van der Waals surface area contributed by atoms with E-state index in [1.54, 1.807) is 18.2 Å². The van der Waals surface area contributed by atoms with E-state index in [0.717, 1.165) is 0 Å². The van der Waals surface area contributed by atoms with Gasteiger partial charge >= 0.3 is 0 Å². The fourth-order valence-corrected chi connectivity index (χ4v) is 2.93. The van der Waals surface area contributed by atoms with Crippen molar-refractivity contribution in [3.8, 4) is 11.5 Å². The van der Waals surface area contributed by atoms with E-state index < -0.39 is 0 Å². The van der Waals surface area contributed by atoms with E-state index in [-0.39, 0.29) is 28.4 Å². The monoisotopic (exact) mass is 249 g/mol. The van der Waals surface area contributed by atoms with Crippen molar-refractivity contribution in [3.63, 3.8) is 0 Å². The van der Waals surface area contributed by atoms with Gasteiger partial charge in [0.2, 0.25) is 0 Å². The van der Waals surface area contributed by atoms with Gasteiger partial charge in [0.15, 0.2) is 0 Å². The summed E-state index contributed by atoms with van der Waals surface area (Å²) in [5.41, 5.74) is 1.05. The van der Waals surface area contributed by atoms with Crippen LogP contribution in [0.4, 0.5) is 0 Å². The van der Waals surface area contributed by atoms with Crippen molar-refractivity contribution >= 4 is 0 Å². The van der Waals surface area contributed by atoms with Crippen LogP contribution < -0.4 is 5.32 Å². The van der Waals surface area contributed by atoms with Gasteiger partial charge in [-0.3, -0.25) is 0 Å². The molecule has 1 aliphatic carbocycles. The van der Waals surface area contributed by atoms with Crippen molar-refractivity contribution in [1.82, 2.24) is 5.32 Å². The molecule has 1 fully saturated rings. The molecule has 1 aliphatic rings. The van der Waals surface area contributed by atoms with Crippen LogP contribution in [0, 0.1) is 10.8 Å². The molecule has 100 valence electrons. The summed E-state index contributed by atoms with van der Waals surface area (Å²) >= 11 is 0. The van der Waals surface area contributed by atoms with Crippen LogP contribution in [0.15, 0.2) is 18.2 Å². The lowest BCUT2D eigenvalue weighted by molar-refractivity contribution is 0.409. The molecule has 18 heavy (non-hydrogen) atoms. The summed E-state index contributed by atoms with van der Waals surface area (Å²) < 4.78 is 0. The largest absolute Gasteiger partial charge is 0.507 e. The molecule has 1 aromatic carbocycles. The Morgan fingerprint density at radius 2 is 1.50 bits per heavy atom. The summed E-state index contributed by atoms with van der Waals surface area (Å²) in [6.45, 7) is 10.9. The Kier molecular flexibility index (Phi) is 2.85. The Morgan fingerprint density at radius 3 is 1.89 bits per heavy atom. The molecule has 0 heterocycles. The zero-order chi connectivity index (χ0) is 13.7. The van der Waals surface area contributed by atoms with Crippen molar-refractivity contribution in [3.05, 3.63) is 23.8 Å². The second-order valence-electron chi connectivity index (χ2n) is 6.47. The van der Waals surface area contributed by atoms with Crippen LogP contribution >= 0.6 is 0 Å². The second kappa shape index (κ2) is 3.89. The minimum Gasteiger partial charge on any atom is -0.507 e. The van der Waals surface area contributed by atoms with Gasteiger partial charge in [-0.25, -0.2) is 0 Å². The van der Waals surface area contributed by atoms with E-state index in [4.69, 9.17) is 0 Å². The lowest BCUT2D eigenvalue weighted by Gasteiger charge is -2.18. The zero-order valence-corrected chi connectivity index (χ0v) is 11.8. The highest BCUT2D eigenvalue weighted by Crippen LogP contribution is 2.63. The highest BCUT2D eigenvalue weighted by atomic mass is 16.3. The fraction of sp³-hybridized carbons (Fsp3) is 0.600. The van der Waals surface area contributed by atoms with Gasteiger partial charge in [0.1, 0.15) is 11.5 Å². The first-order valence-electron chi connectivity index (χ1n) is 6.46. The van der Waals surface area contributed by atoms with Gasteiger partial charge in [0.05, 0.1) is 5.56 Å². The quantitative estimate of drug-likeness (QED) is 0.771. The van der Waals surface area contributed by atoms with Gasteiger partial charge in [-0.2, -0.15) is 0 Å². The van der Waals surface area contributed by atoms with Crippen LogP contribution in [0.2, 0.25) is 0 Å². The van der Waals surface area contributed by atoms with Gasteiger partial charge in [-0.1, -0.05) is 33.8 Å². The van der Waals surface area contributed by atoms with Crippen LogP contribution in [0.1, 0.15) is 46.2 Å². The van der Waals surface area contributed by atoms with E-state index in [0.29, 0.717) is 11.6 Å². The molecule has 0 amide bonds. The number of aromatic hydroxyl groups is 2. The predicted octanol–water partition coefficient (Wildman–Crippen LogP) is 3.18. The maximum atomic E-state index is 9.86. The van der Waals surface area contributed by atoms with E-state index in [1.807, 2.05) is 6.92 Å². The summed E-state index contributed by atoms with van der Waals surface area (Å²) in [4.78, 5) is 0. The second-order valence-corrected chi connectivity index (χ2v) is 6.47. The normalized spacial score (nSPS) is 22.7. The molecule has 1 atom stereocenters. The molecule has 3 nitrogen and oxygen atoms in total. The van der Waals surface area contributed by atoms with Gasteiger partial charge < -0.3 is 15.5 Å². The van der Waals surface area contributed by atoms with Crippen LogP contribution in [-0.4, -0.2) is 16.3 Å². The Hall–Kier alpha value is -1.22. The van der Waals surface area contributed by atoms with E-state index in [1.165, 1.54) is 0 Å². The molecular formula is C15H23NO2. The molecule has 2 rings (SSSR count). The SMILES string of the molecule is CC(NC1C(C)(C)C1(C)C)c1c(O)cccc1O. The van der Waals surface area contributed by atoms with Gasteiger partial charge in [0.25, 0.3) is 0 Å². The molecule has 1 aromatic rings. The highest BCUT2D eigenvalue weighted by Gasteiger charge is 2.64.